The lowest BCUT2D eigenvalue weighted by Gasteiger charge is -2.12. The number of ether oxygens (including phenoxy) is 1. The number of hydrogen-bond donors (Lipinski definition) is 0. The summed E-state index contributed by atoms with van der Waals surface area (Å²) in [6, 6.07) is 13.1. The number of carbonyl (C=O) groups is 2. The summed E-state index contributed by atoms with van der Waals surface area (Å²) in [5.74, 6) is 0.757. The van der Waals surface area contributed by atoms with Gasteiger partial charge >= 0.3 is 5.97 Å². The van der Waals surface area contributed by atoms with Crippen LogP contribution in [0.25, 0.3) is 10.8 Å². The standard InChI is InChI=1S/C20H21N3O3/c1-13(23-15(3)21-14(2)22-23)10-20(25)26-12-19(24)18-9-8-16-6-4-5-7-17(16)11-18/h4-9,11,13H,10,12H2,1-3H3/t13-/m0/s1. The lowest BCUT2D eigenvalue weighted by atomic mass is 10.0. The van der Waals surface area contributed by atoms with Crippen LogP contribution in [0.3, 0.4) is 0 Å². The van der Waals surface area contributed by atoms with Crippen molar-refractivity contribution in [2.75, 3.05) is 6.61 Å². The maximum atomic E-state index is 12.3. The van der Waals surface area contributed by atoms with Gasteiger partial charge in [0, 0.05) is 5.56 Å². The highest BCUT2D eigenvalue weighted by Gasteiger charge is 2.17. The molecule has 26 heavy (non-hydrogen) atoms. The van der Waals surface area contributed by atoms with Crippen LogP contribution in [0.4, 0.5) is 0 Å². The first-order chi connectivity index (χ1) is 12.4. The molecule has 0 saturated carbocycles. The molecule has 3 aromatic rings. The quantitative estimate of drug-likeness (QED) is 0.502. The van der Waals surface area contributed by atoms with Crippen molar-refractivity contribution in [2.45, 2.75) is 33.2 Å². The molecule has 0 fully saturated rings. The van der Waals surface area contributed by atoms with E-state index in [2.05, 4.69) is 10.1 Å². The second kappa shape index (κ2) is 7.47. The lowest BCUT2D eigenvalue weighted by Crippen LogP contribution is -2.19. The van der Waals surface area contributed by atoms with E-state index in [4.69, 9.17) is 4.74 Å². The summed E-state index contributed by atoms with van der Waals surface area (Å²) in [7, 11) is 0. The highest BCUT2D eigenvalue weighted by atomic mass is 16.5. The van der Waals surface area contributed by atoms with Crippen LogP contribution in [0.5, 0.6) is 0 Å². The Bertz CT molecular complexity index is 962. The van der Waals surface area contributed by atoms with Crippen LogP contribution < -0.4 is 0 Å². The van der Waals surface area contributed by atoms with Crippen LogP contribution in [0.1, 0.15) is 41.4 Å². The van der Waals surface area contributed by atoms with Crippen molar-refractivity contribution in [3.8, 4) is 0 Å². The smallest absolute Gasteiger partial charge is 0.308 e. The topological polar surface area (TPSA) is 74.1 Å². The minimum atomic E-state index is -0.431. The summed E-state index contributed by atoms with van der Waals surface area (Å²) in [5, 5.41) is 6.31. The van der Waals surface area contributed by atoms with E-state index in [0.717, 1.165) is 16.6 Å². The van der Waals surface area contributed by atoms with Crippen LogP contribution in [-0.2, 0) is 9.53 Å². The average molecular weight is 351 g/mol. The molecule has 134 valence electrons. The SMILES string of the molecule is Cc1nc(C)n([C@@H](C)CC(=O)OCC(=O)c2ccc3ccccc3c2)n1. The van der Waals surface area contributed by atoms with Crippen molar-refractivity contribution in [1.29, 1.82) is 0 Å². The molecule has 0 radical (unpaired) electrons. The molecule has 0 spiro atoms. The summed E-state index contributed by atoms with van der Waals surface area (Å²) in [5.41, 5.74) is 0.535. The zero-order valence-electron chi connectivity index (χ0n) is 15.1. The largest absolute Gasteiger partial charge is 0.457 e. The van der Waals surface area contributed by atoms with E-state index in [-0.39, 0.29) is 24.9 Å². The van der Waals surface area contributed by atoms with Gasteiger partial charge in [0.05, 0.1) is 12.5 Å². The third-order valence-corrected chi connectivity index (χ3v) is 4.22. The number of rotatable bonds is 6. The molecular formula is C20H21N3O3. The van der Waals surface area contributed by atoms with Gasteiger partial charge in [-0.25, -0.2) is 9.67 Å². The number of aromatic nitrogens is 3. The maximum absolute atomic E-state index is 12.3. The number of benzene rings is 2. The van der Waals surface area contributed by atoms with Crippen LogP contribution in [0.2, 0.25) is 0 Å². The molecule has 1 aromatic heterocycles. The number of aryl methyl sites for hydroxylation is 2. The highest BCUT2D eigenvalue weighted by Crippen LogP contribution is 2.17. The van der Waals surface area contributed by atoms with Crippen LogP contribution in [0, 0.1) is 13.8 Å². The molecule has 6 nitrogen and oxygen atoms in total. The van der Waals surface area contributed by atoms with E-state index in [9.17, 15) is 9.59 Å². The van der Waals surface area contributed by atoms with Crippen molar-refractivity contribution in [3.05, 3.63) is 59.7 Å². The van der Waals surface area contributed by atoms with Crippen molar-refractivity contribution in [1.82, 2.24) is 14.8 Å². The molecule has 0 aliphatic heterocycles. The Morgan fingerprint density at radius 1 is 1.12 bits per heavy atom. The van der Waals surface area contributed by atoms with E-state index in [0.29, 0.717) is 11.4 Å². The Balaban J connectivity index is 1.58. The van der Waals surface area contributed by atoms with Crippen LogP contribution >= 0.6 is 0 Å². The maximum Gasteiger partial charge on any atom is 0.308 e. The van der Waals surface area contributed by atoms with Gasteiger partial charge in [-0.3, -0.25) is 9.59 Å². The molecular weight excluding hydrogens is 330 g/mol. The molecule has 6 heteroatoms. The van der Waals surface area contributed by atoms with E-state index in [1.165, 1.54) is 0 Å². The Kier molecular flexibility index (Phi) is 5.11. The number of fused-ring (bicyclic) bond motifs is 1. The summed E-state index contributed by atoms with van der Waals surface area (Å²) >= 11 is 0. The van der Waals surface area contributed by atoms with Gasteiger partial charge in [-0.05, 0) is 37.6 Å². The van der Waals surface area contributed by atoms with Gasteiger partial charge in [0.2, 0.25) is 0 Å². The Hall–Kier alpha value is -3.02. The van der Waals surface area contributed by atoms with Crippen molar-refractivity contribution in [2.24, 2.45) is 0 Å². The molecule has 0 aliphatic rings. The van der Waals surface area contributed by atoms with Crippen LogP contribution in [-0.4, -0.2) is 33.1 Å². The van der Waals surface area contributed by atoms with E-state index < -0.39 is 5.97 Å². The molecule has 0 N–H and O–H groups in total. The first-order valence-corrected chi connectivity index (χ1v) is 8.51. The van der Waals surface area contributed by atoms with Gasteiger partial charge in [-0.2, -0.15) is 5.10 Å². The van der Waals surface area contributed by atoms with Crippen LogP contribution in [0.15, 0.2) is 42.5 Å². The number of Topliss-reactive ketones (excluding diaryl/α,β-unsaturated/α-hetero) is 1. The summed E-state index contributed by atoms with van der Waals surface area (Å²) in [4.78, 5) is 28.6. The predicted octanol–water partition coefficient (Wildman–Crippen LogP) is 3.43. The molecule has 0 saturated heterocycles. The molecule has 1 atom stereocenters. The fourth-order valence-corrected chi connectivity index (χ4v) is 2.93. The number of esters is 1. The summed E-state index contributed by atoms with van der Waals surface area (Å²) in [6.07, 6.45) is 0.134. The fraction of sp³-hybridized carbons (Fsp3) is 0.300. The Morgan fingerprint density at radius 2 is 1.85 bits per heavy atom. The molecule has 0 bridgehead atoms. The minimum absolute atomic E-state index is 0.134. The minimum Gasteiger partial charge on any atom is -0.457 e. The van der Waals surface area contributed by atoms with E-state index in [1.807, 2.05) is 50.2 Å². The molecule has 0 unspecified atom stereocenters. The summed E-state index contributed by atoms with van der Waals surface area (Å²) < 4.78 is 6.86. The molecule has 3 rings (SSSR count). The van der Waals surface area contributed by atoms with Crippen molar-refractivity contribution < 1.29 is 14.3 Å². The van der Waals surface area contributed by atoms with Gasteiger partial charge in [0.1, 0.15) is 11.6 Å². The fourth-order valence-electron chi connectivity index (χ4n) is 2.93. The number of ketones is 1. The number of carbonyl (C=O) groups excluding carboxylic acids is 2. The van der Waals surface area contributed by atoms with Gasteiger partial charge < -0.3 is 4.74 Å². The molecule has 0 aliphatic carbocycles. The summed E-state index contributed by atoms with van der Waals surface area (Å²) in [6.45, 7) is 5.24. The normalized spacial score (nSPS) is 12.1. The first kappa shape index (κ1) is 17.8. The van der Waals surface area contributed by atoms with Gasteiger partial charge in [-0.1, -0.05) is 36.4 Å². The van der Waals surface area contributed by atoms with E-state index >= 15 is 0 Å². The second-order valence-corrected chi connectivity index (χ2v) is 6.35. The molecule has 0 amide bonds. The number of nitrogens with zero attached hydrogens (tertiary/aromatic N) is 3. The molecule has 1 heterocycles. The first-order valence-electron chi connectivity index (χ1n) is 8.51. The highest BCUT2D eigenvalue weighted by molar-refractivity contribution is 6.01. The lowest BCUT2D eigenvalue weighted by molar-refractivity contribution is -0.143. The van der Waals surface area contributed by atoms with E-state index in [1.54, 1.807) is 17.7 Å². The van der Waals surface area contributed by atoms with Gasteiger partial charge in [-0.15, -0.1) is 0 Å². The zero-order valence-corrected chi connectivity index (χ0v) is 15.1. The monoisotopic (exact) mass is 351 g/mol. The Labute approximate surface area is 151 Å². The Morgan fingerprint density at radius 3 is 2.54 bits per heavy atom. The molecule has 2 aromatic carbocycles. The van der Waals surface area contributed by atoms with Gasteiger partial charge in [0.15, 0.2) is 12.4 Å². The predicted molar refractivity (Wildman–Crippen MR) is 98.1 cm³/mol. The second-order valence-electron chi connectivity index (χ2n) is 6.35. The average Bonchev–Trinajstić information content (AvgIpc) is 2.97. The third-order valence-electron chi connectivity index (χ3n) is 4.22. The van der Waals surface area contributed by atoms with Gasteiger partial charge in [0.25, 0.3) is 0 Å². The van der Waals surface area contributed by atoms with Crippen molar-refractivity contribution in [3.63, 3.8) is 0 Å². The number of hydrogen-bond acceptors (Lipinski definition) is 5. The third kappa shape index (κ3) is 3.96. The zero-order chi connectivity index (χ0) is 18.7. The van der Waals surface area contributed by atoms with Crippen molar-refractivity contribution >= 4 is 22.5 Å².